The van der Waals surface area contributed by atoms with E-state index in [1.165, 1.54) is 0 Å². The molecule has 0 aliphatic carbocycles. The summed E-state index contributed by atoms with van der Waals surface area (Å²) in [5, 5.41) is 6.08. The minimum absolute atomic E-state index is 0.251. The summed E-state index contributed by atoms with van der Waals surface area (Å²) >= 11 is 0. The number of esters is 1. The number of ether oxygens (including phenoxy) is 1. The average molecular weight is 299 g/mol. The zero-order chi connectivity index (χ0) is 15.8. The van der Waals surface area contributed by atoms with E-state index < -0.39 is 12.1 Å². The smallest absolute Gasteiger partial charge is 0.328 e. The molecule has 1 fully saturated rings. The maximum Gasteiger partial charge on any atom is 0.328 e. The Morgan fingerprint density at radius 1 is 1.43 bits per heavy atom. The van der Waals surface area contributed by atoms with Gasteiger partial charge in [0, 0.05) is 6.04 Å². The van der Waals surface area contributed by atoms with Gasteiger partial charge in [0.15, 0.2) is 0 Å². The summed E-state index contributed by atoms with van der Waals surface area (Å²) in [7, 11) is 0. The van der Waals surface area contributed by atoms with Gasteiger partial charge in [-0.1, -0.05) is 13.8 Å². The van der Waals surface area contributed by atoms with Crippen molar-refractivity contribution in [2.24, 2.45) is 11.7 Å². The molecule has 0 aromatic carbocycles. The molecule has 122 valence electrons. The van der Waals surface area contributed by atoms with Crippen LogP contribution in [0.1, 0.15) is 46.5 Å². The molecule has 0 aromatic heterocycles. The van der Waals surface area contributed by atoms with E-state index in [4.69, 9.17) is 10.5 Å². The summed E-state index contributed by atoms with van der Waals surface area (Å²) in [6.07, 6.45) is 3.27. The van der Waals surface area contributed by atoms with Gasteiger partial charge in [0.2, 0.25) is 5.91 Å². The highest BCUT2D eigenvalue weighted by Crippen LogP contribution is 2.12. The molecule has 3 unspecified atom stereocenters. The molecule has 0 bridgehead atoms. The second-order valence-electron chi connectivity index (χ2n) is 6.08. The van der Waals surface area contributed by atoms with Crippen LogP contribution in [0, 0.1) is 5.92 Å². The SMILES string of the molecule is CCOC(=O)C(CC1CCCN1)NC(=O)C(N)CC(C)C. The minimum atomic E-state index is -0.619. The van der Waals surface area contributed by atoms with Crippen molar-refractivity contribution in [3.8, 4) is 0 Å². The highest BCUT2D eigenvalue weighted by atomic mass is 16.5. The number of rotatable bonds is 8. The van der Waals surface area contributed by atoms with Gasteiger partial charge in [-0.25, -0.2) is 4.79 Å². The minimum Gasteiger partial charge on any atom is -0.464 e. The molecule has 6 nitrogen and oxygen atoms in total. The van der Waals surface area contributed by atoms with Crippen molar-refractivity contribution in [1.82, 2.24) is 10.6 Å². The first-order valence-electron chi connectivity index (χ1n) is 7.90. The molecule has 0 saturated carbocycles. The molecule has 0 aromatic rings. The molecule has 3 atom stereocenters. The predicted octanol–water partition coefficient (Wildman–Crippen LogP) is 0.550. The van der Waals surface area contributed by atoms with Gasteiger partial charge in [0.1, 0.15) is 6.04 Å². The molecular formula is C15H29N3O3. The summed E-state index contributed by atoms with van der Waals surface area (Å²) in [5.41, 5.74) is 5.87. The molecule has 1 saturated heterocycles. The standard InChI is InChI=1S/C15H29N3O3/c1-4-21-15(20)13(9-11-6-5-7-17-11)18-14(19)12(16)8-10(2)3/h10-13,17H,4-9,16H2,1-3H3,(H,18,19). The van der Waals surface area contributed by atoms with E-state index in [1.54, 1.807) is 6.92 Å². The van der Waals surface area contributed by atoms with Crippen LogP contribution in [0.25, 0.3) is 0 Å². The maximum absolute atomic E-state index is 12.1. The third-order valence-corrected chi connectivity index (χ3v) is 3.63. The van der Waals surface area contributed by atoms with Gasteiger partial charge >= 0.3 is 5.97 Å². The molecule has 6 heteroatoms. The lowest BCUT2D eigenvalue weighted by atomic mass is 10.0. The second kappa shape index (κ2) is 9.00. The van der Waals surface area contributed by atoms with Crippen molar-refractivity contribution in [2.45, 2.75) is 64.6 Å². The highest BCUT2D eigenvalue weighted by Gasteiger charge is 2.29. The third-order valence-electron chi connectivity index (χ3n) is 3.63. The van der Waals surface area contributed by atoms with E-state index in [-0.39, 0.29) is 17.9 Å². The Labute approximate surface area is 127 Å². The zero-order valence-electron chi connectivity index (χ0n) is 13.4. The van der Waals surface area contributed by atoms with Crippen LogP contribution >= 0.6 is 0 Å². The quantitative estimate of drug-likeness (QED) is 0.569. The van der Waals surface area contributed by atoms with Crippen molar-refractivity contribution >= 4 is 11.9 Å². The van der Waals surface area contributed by atoms with E-state index in [9.17, 15) is 9.59 Å². The summed E-state index contributed by atoms with van der Waals surface area (Å²) < 4.78 is 5.05. The fourth-order valence-corrected chi connectivity index (χ4v) is 2.59. The van der Waals surface area contributed by atoms with Crippen molar-refractivity contribution < 1.29 is 14.3 Å². The topological polar surface area (TPSA) is 93.5 Å². The van der Waals surface area contributed by atoms with Crippen LogP contribution in [0.4, 0.5) is 0 Å². The monoisotopic (exact) mass is 299 g/mol. The van der Waals surface area contributed by atoms with Gasteiger partial charge in [-0.3, -0.25) is 4.79 Å². The average Bonchev–Trinajstić information content (AvgIpc) is 2.90. The van der Waals surface area contributed by atoms with Gasteiger partial charge in [-0.05, 0) is 45.1 Å². The van der Waals surface area contributed by atoms with Crippen LogP contribution < -0.4 is 16.4 Å². The lowest BCUT2D eigenvalue weighted by Gasteiger charge is -2.23. The third kappa shape index (κ3) is 6.44. The number of carbonyl (C=O) groups is 2. The van der Waals surface area contributed by atoms with E-state index in [2.05, 4.69) is 10.6 Å². The van der Waals surface area contributed by atoms with Gasteiger partial charge < -0.3 is 21.1 Å². The number of nitrogens with one attached hydrogen (secondary N) is 2. The molecular weight excluding hydrogens is 270 g/mol. The van der Waals surface area contributed by atoms with Gasteiger partial charge in [0.05, 0.1) is 12.6 Å². The van der Waals surface area contributed by atoms with E-state index >= 15 is 0 Å². The number of hydrogen-bond acceptors (Lipinski definition) is 5. The molecule has 1 rings (SSSR count). The van der Waals surface area contributed by atoms with Crippen LogP contribution in [0.3, 0.4) is 0 Å². The first kappa shape index (κ1) is 17.9. The molecule has 1 aliphatic heterocycles. The van der Waals surface area contributed by atoms with Crippen molar-refractivity contribution in [2.75, 3.05) is 13.2 Å². The Morgan fingerprint density at radius 3 is 2.67 bits per heavy atom. The zero-order valence-corrected chi connectivity index (χ0v) is 13.4. The Balaban J connectivity index is 2.58. The van der Waals surface area contributed by atoms with Gasteiger partial charge in [0.25, 0.3) is 0 Å². The van der Waals surface area contributed by atoms with Crippen LogP contribution in [0.5, 0.6) is 0 Å². The second-order valence-corrected chi connectivity index (χ2v) is 6.08. The van der Waals surface area contributed by atoms with Crippen LogP contribution in [0.15, 0.2) is 0 Å². The van der Waals surface area contributed by atoms with E-state index in [0.29, 0.717) is 25.4 Å². The van der Waals surface area contributed by atoms with Crippen LogP contribution in [-0.2, 0) is 14.3 Å². The summed E-state index contributed by atoms with van der Waals surface area (Å²) in [4.78, 5) is 24.1. The molecule has 4 N–H and O–H groups in total. The molecule has 1 amide bonds. The fraction of sp³-hybridized carbons (Fsp3) is 0.867. The first-order chi connectivity index (χ1) is 9.93. The lowest BCUT2D eigenvalue weighted by Crippen LogP contribution is -2.51. The van der Waals surface area contributed by atoms with Crippen LogP contribution in [0.2, 0.25) is 0 Å². The first-order valence-corrected chi connectivity index (χ1v) is 7.90. The lowest BCUT2D eigenvalue weighted by molar-refractivity contribution is -0.148. The number of hydrogen-bond donors (Lipinski definition) is 3. The predicted molar refractivity (Wildman–Crippen MR) is 81.6 cm³/mol. The molecule has 0 spiro atoms. The number of amides is 1. The molecule has 0 radical (unpaired) electrons. The van der Waals surface area contributed by atoms with Gasteiger partial charge in [-0.15, -0.1) is 0 Å². The summed E-state index contributed by atoms with van der Waals surface area (Å²) in [6, 6.07) is -0.953. The Hall–Kier alpha value is -1.14. The molecule has 21 heavy (non-hydrogen) atoms. The molecule has 1 heterocycles. The van der Waals surface area contributed by atoms with E-state index in [0.717, 1.165) is 19.4 Å². The number of carbonyl (C=O) groups excluding carboxylic acids is 2. The summed E-state index contributed by atoms with van der Waals surface area (Å²) in [5.74, 6) is -0.320. The Bertz CT molecular complexity index is 341. The fourth-order valence-electron chi connectivity index (χ4n) is 2.59. The Kier molecular flexibility index (Phi) is 7.67. The van der Waals surface area contributed by atoms with Gasteiger partial charge in [-0.2, -0.15) is 0 Å². The van der Waals surface area contributed by atoms with Crippen LogP contribution in [-0.4, -0.2) is 43.2 Å². The summed E-state index contributed by atoms with van der Waals surface area (Å²) in [6.45, 7) is 7.05. The van der Waals surface area contributed by atoms with Crippen molar-refractivity contribution in [3.05, 3.63) is 0 Å². The maximum atomic E-state index is 12.1. The van der Waals surface area contributed by atoms with E-state index in [1.807, 2.05) is 13.8 Å². The largest absolute Gasteiger partial charge is 0.464 e. The van der Waals surface area contributed by atoms with Crippen molar-refractivity contribution in [3.63, 3.8) is 0 Å². The Morgan fingerprint density at radius 2 is 2.14 bits per heavy atom. The molecule has 1 aliphatic rings. The highest BCUT2D eigenvalue weighted by molar-refractivity contribution is 5.87. The van der Waals surface area contributed by atoms with Crippen molar-refractivity contribution in [1.29, 1.82) is 0 Å². The number of nitrogens with two attached hydrogens (primary N) is 1. The normalized spacial score (nSPS) is 21.1.